The summed E-state index contributed by atoms with van der Waals surface area (Å²) in [7, 11) is 0. The lowest BCUT2D eigenvalue weighted by Crippen LogP contribution is -2.15. The molecule has 1 fully saturated rings. The maximum Gasteiger partial charge on any atom is 0.0948 e. The van der Waals surface area contributed by atoms with Crippen LogP contribution in [0.3, 0.4) is 0 Å². The number of imidazole rings is 1. The van der Waals surface area contributed by atoms with Crippen LogP contribution in [-0.4, -0.2) is 22.8 Å². The van der Waals surface area contributed by atoms with E-state index in [2.05, 4.69) is 16.5 Å². The maximum atomic E-state index is 6.03. The van der Waals surface area contributed by atoms with Crippen LogP contribution < -0.4 is 5.73 Å². The van der Waals surface area contributed by atoms with Gasteiger partial charge in [-0.2, -0.15) is 0 Å². The smallest absolute Gasteiger partial charge is 0.0948 e. The van der Waals surface area contributed by atoms with Crippen molar-refractivity contribution in [3.05, 3.63) is 18.2 Å². The molecule has 4 heteroatoms. The molecule has 2 N–H and O–H groups in total. The molecule has 1 aromatic rings. The van der Waals surface area contributed by atoms with E-state index in [1.54, 1.807) is 0 Å². The second-order valence-electron chi connectivity index (χ2n) is 4.90. The Labute approximate surface area is 103 Å². The molecule has 0 aromatic carbocycles. The van der Waals surface area contributed by atoms with Crippen LogP contribution in [0.5, 0.6) is 0 Å². The summed E-state index contributed by atoms with van der Waals surface area (Å²) in [6.07, 6.45) is 8.44. The lowest BCUT2D eigenvalue weighted by atomic mass is 10.2. The molecule has 0 radical (unpaired) electrons. The summed E-state index contributed by atoms with van der Waals surface area (Å²) in [6.45, 7) is 4.84. The van der Waals surface area contributed by atoms with Crippen LogP contribution in [0.4, 0.5) is 0 Å². The van der Waals surface area contributed by atoms with E-state index in [4.69, 9.17) is 10.5 Å². The molecule has 2 rings (SSSR count). The number of aromatic nitrogens is 2. The Bertz CT molecular complexity index is 333. The van der Waals surface area contributed by atoms with Gasteiger partial charge in [-0.3, -0.25) is 0 Å². The Hall–Kier alpha value is -0.870. The first-order chi connectivity index (χ1) is 8.31. The van der Waals surface area contributed by atoms with Crippen LogP contribution in [0.1, 0.15) is 44.3 Å². The Morgan fingerprint density at radius 3 is 3.12 bits per heavy atom. The number of hydrogen-bond acceptors (Lipinski definition) is 3. The molecule has 96 valence electrons. The second kappa shape index (κ2) is 6.17. The molecule has 0 unspecified atom stereocenters. The summed E-state index contributed by atoms with van der Waals surface area (Å²) in [5.74, 6) is 0.854. The Morgan fingerprint density at radius 1 is 1.59 bits per heavy atom. The molecule has 0 bridgehead atoms. The Balaban J connectivity index is 1.68. The SMILES string of the molecule is CC[C@@H](N)c1cncn1CCCOCC1CC1. The summed E-state index contributed by atoms with van der Waals surface area (Å²) in [4.78, 5) is 4.17. The molecule has 17 heavy (non-hydrogen) atoms. The van der Waals surface area contributed by atoms with Crippen LogP contribution in [-0.2, 0) is 11.3 Å². The average Bonchev–Trinajstić information content (AvgIpc) is 3.05. The molecule has 1 atom stereocenters. The van der Waals surface area contributed by atoms with Crippen molar-refractivity contribution in [2.24, 2.45) is 11.7 Å². The van der Waals surface area contributed by atoms with Crippen molar-refractivity contribution in [3.63, 3.8) is 0 Å². The molecule has 0 saturated heterocycles. The highest BCUT2D eigenvalue weighted by molar-refractivity contribution is 5.04. The van der Waals surface area contributed by atoms with E-state index in [1.807, 2.05) is 12.5 Å². The van der Waals surface area contributed by atoms with Gasteiger partial charge in [0.05, 0.1) is 12.0 Å². The summed E-state index contributed by atoms with van der Waals surface area (Å²) in [5, 5.41) is 0. The van der Waals surface area contributed by atoms with Gasteiger partial charge in [0.15, 0.2) is 0 Å². The number of rotatable bonds is 8. The lowest BCUT2D eigenvalue weighted by molar-refractivity contribution is 0.119. The van der Waals surface area contributed by atoms with Crippen LogP contribution in [0.2, 0.25) is 0 Å². The molecule has 1 aliphatic rings. The fraction of sp³-hybridized carbons (Fsp3) is 0.769. The van der Waals surface area contributed by atoms with Gasteiger partial charge in [0.1, 0.15) is 0 Å². The van der Waals surface area contributed by atoms with Gasteiger partial charge in [-0.05, 0) is 31.6 Å². The number of nitrogens with two attached hydrogens (primary N) is 1. The number of ether oxygens (including phenoxy) is 1. The third-order valence-electron chi connectivity index (χ3n) is 3.30. The predicted octanol–water partition coefficient (Wildman–Crippen LogP) is 2.11. The molecule has 0 aliphatic heterocycles. The van der Waals surface area contributed by atoms with Crippen LogP contribution in [0, 0.1) is 5.92 Å². The summed E-state index contributed by atoms with van der Waals surface area (Å²) in [5.41, 5.74) is 7.16. The highest BCUT2D eigenvalue weighted by atomic mass is 16.5. The predicted molar refractivity (Wildman–Crippen MR) is 67.6 cm³/mol. The van der Waals surface area contributed by atoms with Crippen molar-refractivity contribution in [2.45, 2.75) is 45.2 Å². The van der Waals surface area contributed by atoms with E-state index >= 15 is 0 Å². The summed E-state index contributed by atoms with van der Waals surface area (Å²) in [6, 6.07) is 0.102. The standard InChI is InChI=1S/C13H23N3O/c1-2-12(14)13-8-15-10-16(13)6-3-7-17-9-11-4-5-11/h8,10-12H,2-7,9,14H2,1H3/t12-/m1/s1. The zero-order chi connectivity index (χ0) is 12.1. The van der Waals surface area contributed by atoms with Gasteiger partial charge in [0, 0.05) is 32.0 Å². The topological polar surface area (TPSA) is 53.1 Å². The molecule has 1 heterocycles. The zero-order valence-electron chi connectivity index (χ0n) is 10.6. The van der Waals surface area contributed by atoms with Crippen molar-refractivity contribution in [3.8, 4) is 0 Å². The van der Waals surface area contributed by atoms with Gasteiger partial charge < -0.3 is 15.0 Å². The summed E-state index contributed by atoms with van der Waals surface area (Å²) < 4.78 is 7.77. The van der Waals surface area contributed by atoms with Gasteiger partial charge in [-0.1, -0.05) is 6.92 Å². The van der Waals surface area contributed by atoms with E-state index in [1.165, 1.54) is 12.8 Å². The highest BCUT2D eigenvalue weighted by Gasteiger charge is 2.20. The molecule has 1 saturated carbocycles. The van der Waals surface area contributed by atoms with Crippen molar-refractivity contribution in [1.82, 2.24) is 9.55 Å². The zero-order valence-corrected chi connectivity index (χ0v) is 10.6. The normalized spacial score (nSPS) is 17.3. The number of nitrogens with zero attached hydrogens (tertiary/aromatic N) is 2. The Kier molecular flexibility index (Phi) is 4.57. The van der Waals surface area contributed by atoms with Crippen molar-refractivity contribution >= 4 is 0 Å². The molecular formula is C13H23N3O. The molecule has 1 aromatic heterocycles. The first-order valence-electron chi connectivity index (χ1n) is 6.64. The fourth-order valence-electron chi connectivity index (χ4n) is 1.91. The van der Waals surface area contributed by atoms with E-state index in [9.17, 15) is 0 Å². The molecule has 0 spiro atoms. The minimum absolute atomic E-state index is 0.102. The number of aryl methyl sites for hydroxylation is 1. The first kappa shape index (κ1) is 12.6. The first-order valence-corrected chi connectivity index (χ1v) is 6.64. The minimum atomic E-state index is 0.102. The largest absolute Gasteiger partial charge is 0.381 e. The van der Waals surface area contributed by atoms with Crippen LogP contribution in [0.15, 0.2) is 12.5 Å². The van der Waals surface area contributed by atoms with Gasteiger partial charge in [0.25, 0.3) is 0 Å². The van der Waals surface area contributed by atoms with E-state index in [0.717, 1.165) is 44.2 Å². The van der Waals surface area contributed by atoms with Gasteiger partial charge >= 0.3 is 0 Å². The Morgan fingerprint density at radius 2 is 2.41 bits per heavy atom. The summed E-state index contributed by atoms with van der Waals surface area (Å²) >= 11 is 0. The van der Waals surface area contributed by atoms with E-state index < -0.39 is 0 Å². The minimum Gasteiger partial charge on any atom is -0.381 e. The fourth-order valence-corrected chi connectivity index (χ4v) is 1.91. The molecular weight excluding hydrogens is 214 g/mol. The molecule has 4 nitrogen and oxygen atoms in total. The van der Waals surface area contributed by atoms with Gasteiger partial charge in [-0.25, -0.2) is 4.98 Å². The van der Waals surface area contributed by atoms with Crippen LogP contribution in [0.25, 0.3) is 0 Å². The van der Waals surface area contributed by atoms with Crippen molar-refractivity contribution in [1.29, 1.82) is 0 Å². The van der Waals surface area contributed by atoms with E-state index in [0.29, 0.717) is 0 Å². The molecule has 0 amide bonds. The number of hydrogen-bond donors (Lipinski definition) is 1. The van der Waals surface area contributed by atoms with Crippen molar-refractivity contribution < 1.29 is 4.74 Å². The monoisotopic (exact) mass is 237 g/mol. The van der Waals surface area contributed by atoms with E-state index in [-0.39, 0.29) is 6.04 Å². The molecule has 1 aliphatic carbocycles. The van der Waals surface area contributed by atoms with Crippen LogP contribution >= 0.6 is 0 Å². The maximum absolute atomic E-state index is 6.03. The van der Waals surface area contributed by atoms with Crippen molar-refractivity contribution in [2.75, 3.05) is 13.2 Å². The third kappa shape index (κ3) is 3.82. The quantitative estimate of drug-likeness (QED) is 0.704. The van der Waals surface area contributed by atoms with Gasteiger partial charge in [-0.15, -0.1) is 0 Å². The average molecular weight is 237 g/mol. The highest BCUT2D eigenvalue weighted by Crippen LogP contribution is 2.28. The lowest BCUT2D eigenvalue weighted by Gasteiger charge is -2.12. The van der Waals surface area contributed by atoms with Gasteiger partial charge in [0.2, 0.25) is 0 Å². The second-order valence-corrected chi connectivity index (χ2v) is 4.90. The third-order valence-corrected chi connectivity index (χ3v) is 3.30.